The van der Waals surface area contributed by atoms with Crippen LogP contribution in [0.2, 0.25) is 0 Å². The Labute approximate surface area is 162 Å². The molecule has 144 valence electrons. The molecule has 3 N–H and O–H groups in total. The van der Waals surface area contributed by atoms with Gasteiger partial charge in [-0.2, -0.15) is 0 Å². The molecule has 0 amide bonds. The smallest absolute Gasteiger partial charge is 0.261 e. The molecule has 0 spiro atoms. The van der Waals surface area contributed by atoms with Gasteiger partial charge in [0.2, 0.25) is 0 Å². The standard InChI is InChI=1S/C19H19N5O3S/c1-27-13-15-12-24(23-21-15)16-5-3-6-17(10-16)28(25,26)22-19-7-2-4-14-11-20-9-8-18(14)19/h2-12,21-23H,13H2,1H3. The fraction of sp³-hybridized carbons (Fsp3) is 0.105. The minimum atomic E-state index is -3.77. The number of hydrogen-bond donors (Lipinski definition) is 3. The molecule has 0 saturated carbocycles. The van der Waals surface area contributed by atoms with E-state index in [2.05, 4.69) is 20.7 Å². The van der Waals surface area contributed by atoms with E-state index in [9.17, 15) is 8.42 Å². The number of sulfonamides is 1. The van der Waals surface area contributed by atoms with Crippen molar-refractivity contribution in [1.29, 1.82) is 0 Å². The summed E-state index contributed by atoms with van der Waals surface area (Å²) in [5, 5.41) is 3.34. The van der Waals surface area contributed by atoms with Crippen LogP contribution in [0.1, 0.15) is 0 Å². The summed E-state index contributed by atoms with van der Waals surface area (Å²) in [5.74, 6) is 0. The third-order valence-electron chi connectivity index (χ3n) is 4.25. The number of benzene rings is 2. The average Bonchev–Trinajstić information content (AvgIpc) is 3.17. The van der Waals surface area contributed by atoms with E-state index < -0.39 is 10.0 Å². The van der Waals surface area contributed by atoms with Crippen molar-refractivity contribution >= 4 is 32.2 Å². The van der Waals surface area contributed by atoms with E-state index in [1.807, 2.05) is 12.1 Å². The predicted octanol–water partition coefficient (Wildman–Crippen LogP) is 2.35. The van der Waals surface area contributed by atoms with Crippen LogP contribution >= 0.6 is 0 Å². The summed E-state index contributed by atoms with van der Waals surface area (Å²) < 4.78 is 33.7. The van der Waals surface area contributed by atoms with Gasteiger partial charge in [0.1, 0.15) is 0 Å². The molecule has 1 aromatic heterocycles. The van der Waals surface area contributed by atoms with Crippen LogP contribution < -0.4 is 20.7 Å². The van der Waals surface area contributed by atoms with Crippen molar-refractivity contribution in [3.63, 3.8) is 0 Å². The molecule has 2 aromatic carbocycles. The second-order valence-electron chi connectivity index (χ2n) is 6.20. The molecule has 28 heavy (non-hydrogen) atoms. The zero-order valence-electron chi connectivity index (χ0n) is 15.1. The lowest BCUT2D eigenvalue weighted by Crippen LogP contribution is -2.36. The molecule has 0 fully saturated rings. The van der Waals surface area contributed by atoms with Crippen molar-refractivity contribution in [2.45, 2.75) is 4.90 Å². The number of methoxy groups -OCH3 is 1. The molecular formula is C19H19N5O3S. The highest BCUT2D eigenvalue weighted by molar-refractivity contribution is 7.92. The first kappa shape index (κ1) is 18.2. The van der Waals surface area contributed by atoms with Crippen molar-refractivity contribution in [2.75, 3.05) is 23.4 Å². The molecule has 3 aromatic rings. The average molecular weight is 397 g/mol. The van der Waals surface area contributed by atoms with Gasteiger partial charge >= 0.3 is 0 Å². The van der Waals surface area contributed by atoms with Gasteiger partial charge in [-0.25, -0.2) is 8.42 Å². The van der Waals surface area contributed by atoms with Crippen LogP contribution in [0.15, 0.2) is 77.7 Å². The van der Waals surface area contributed by atoms with Gasteiger partial charge in [-0.15, -0.1) is 5.53 Å². The molecule has 0 unspecified atom stereocenters. The maximum atomic E-state index is 13.0. The topological polar surface area (TPSA) is 95.6 Å². The zero-order valence-corrected chi connectivity index (χ0v) is 15.9. The van der Waals surface area contributed by atoms with E-state index in [1.165, 1.54) is 0 Å². The normalized spacial score (nSPS) is 14.0. The Kier molecular flexibility index (Phi) is 4.86. The number of ether oxygens (including phenoxy) is 1. The van der Waals surface area contributed by atoms with Crippen LogP contribution in [0.25, 0.3) is 10.8 Å². The fourth-order valence-electron chi connectivity index (χ4n) is 2.94. The Hall–Kier alpha value is -3.14. The van der Waals surface area contributed by atoms with Crippen LogP contribution in [0.5, 0.6) is 0 Å². The third kappa shape index (κ3) is 3.63. The quantitative estimate of drug-likeness (QED) is 0.588. The number of pyridine rings is 1. The summed E-state index contributed by atoms with van der Waals surface area (Å²) in [6, 6.07) is 13.8. The molecule has 0 atom stereocenters. The van der Waals surface area contributed by atoms with Crippen LogP contribution in [0.3, 0.4) is 0 Å². The predicted molar refractivity (Wildman–Crippen MR) is 108 cm³/mol. The Balaban J connectivity index is 1.63. The van der Waals surface area contributed by atoms with Gasteiger partial charge < -0.3 is 10.2 Å². The van der Waals surface area contributed by atoms with Crippen LogP contribution in [0.4, 0.5) is 11.4 Å². The fourth-order valence-corrected chi connectivity index (χ4v) is 4.06. The number of aromatic nitrogens is 1. The van der Waals surface area contributed by atoms with Crippen molar-refractivity contribution in [3.05, 3.63) is 72.8 Å². The maximum Gasteiger partial charge on any atom is 0.261 e. The number of anilines is 2. The number of nitrogens with one attached hydrogen (secondary N) is 3. The highest BCUT2D eigenvalue weighted by Crippen LogP contribution is 2.26. The molecule has 4 rings (SSSR count). The molecular weight excluding hydrogens is 378 g/mol. The molecule has 0 radical (unpaired) electrons. The number of fused-ring (bicyclic) bond motifs is 1. The Bertz CT molecular complexity index is 1140. The van der Waals surface area contributed by atoms with Gasteiger partial charge in [-0.05, 0) is 30.3 Å². The van der Waals surface area contributed by atoms with Gasteiger partial charge in [0.25, 0.3) is 10.0 Å². The molecule has 1 aliphatic heterocycles. The van der Waals surface area contributed by atoms with E-state index >= 15 is 0 Å². The van der Waals surface area contributed by atoms with Crippen LogP contribution in [0, 0.1) is 0 Å². The highest BCUT2D eigenvalue weighted by atomic mass is 32.2. The summed E-state index contributed by atoms with van der Waals surface area (Å²) in [5.41, 5.74) is 7.92. The summed E-state index contributed by atoms with van der Waals surface area (Å²) >= 11 is 0. The van der Waals surface area contributed by atoms with Crippen molar-refractivity contribution in [2.24, 2.45) is 0 Å². The van der Waals surface area contributed by atoms with E-state index in [4.69, 9.17) is 4.74 Å². The van der Waals surface area contributed by atoms with E-state index in [0.717, 1.165) is 16.5 Å². The van der Waals surface area contributed by atoms with E-state index in [1.54, 1.807) is 67.1 Å². The minimum absolute atomic E-state index is 0.159. The molecule has 1 aliphatic rings. The SMILES string of the molecule is COCC1=CN(c2cccc(S(=O)(=O)Nc3cccc4cnccc34)c2)NN1. The lowest BCUT2D eigenvalue weighted by molar-refractivity contribution is 0.220. The molecule has 0 saturated heterocycles. The second-order valence-corrected chi connectivity index (χ2v) is 7.88. The van der Waals surface area contributed by atoms with Crippen molar-refractivity contribution < 1.29 is 13.2 Å². The van der Waals surface area contributed by atoms with Crippen LogP contribution in [-0.4, -0.2) is 27.1 Å². The second kappa shape index (κ2) is 7.47. The summed E-state index contributed by atoms with van der Waals surface area (Å²) in [6.07, 6.45) is 5.14. The van der Waals surface area contributed by atoms with E-state index in [-0.39, 0.29) is 4.90 Å². The zero-order chi connectivity index (χ0) is 19.6. The Morgan fingerprint density at radius 2 is 2.04 bits per heavy atom. The van der Waals surface area contributed by atoms with Gasteiger partial charge in [0, 0.05) is 36.5 Å². The summed E-state index contributed by atoms with van der Waals surface area (Å²) in [6.45, 7) is 0.416. The van der Waals surface area contributed by atoms with Gasteiger partial charge in [-0.3, -0.25) is 14.7 Å². The van der Waals surface area contributed by atoms with Gasteiger partial charge in [-0.1, -0.05) is 18.2 Å². The number of hydrogen-bond acceptors (Lipinski definition) is 7. The van der Waals surface area contributed by atoms with Crippen molar-refractivity contribution in [1.82, 2.24) is 15.9 Å². The first-order valence-corrected chi connectivity index (χ1v) is 10.0. The minimum Gasteiger partial charge on any atom is -0.378 e. The number of hydrazine groups is 2. The van der Waals surface area contributed by atoms with Crippen molar-refractivity contribution in [3.8, 4) is 0 Å². The summed E-state index contributed by atoms with van der Waals surface area (Å²) in [7, 11) is -2.17. The Morgan fingerprint density at radius 3 is 2.89 bits per heavy atom. The summed E-state index contributed by atoms with van der Waals surface area (Å²) in [4.78, 5) is 4.23. The molecule has 0 bridgehead atoms. The maximum absolute atomic E-state index is 13.0. The first-order chi connectivity index (χ1) is 13.6. The lowest BCUT2D eigenvalue weighted by atomic mass is 10.1. The van der Waals surface area contributed by atoms with Crippen LogP contribution in [-0.2, 0) is 14.8 Å². The lowest BCUT2D eigenvalue weighted by Gasteiger charge is -2.17. The molecule has 8 nitrogen and oxygen atoms in total. The largest absolute Gasteiger partial charge is 0.378 e. The molecule has 9 heteroatoms. The molecule has 2 heterocycles. The van der Waals surface area contributed by atoms with Gasteiger partial charge in [0.05, 0.1) is 28.6 Å². The Morgan fingerprint density at radius 1 is 1.18 bits per heavy atom. The molecule has 0 aliphatic carbocycles. The monoisotopic (exact) mass is 397 g/mol. The highest BCUT2D eigenvalue weighted by Gasteiger charge is 2.19. The number of rotatable bonds is 6. The van der Waals surface area contributed by atoms with Gasteiger partial charge in [0.15, 0.2) is 0 Å². The van der Waals surface area contributed by atoms with E-state index in [0.29, 0.717) is 18.0 Å². The third-order valence-corrected chi connectivity index (χ3v) is 5.62. The number of nitrogens with zero attached hydrogens (tertiary/aromatic N) is 2. The first-order valence-electron chi connectivity index (χ1n) is 8.53.